The van der Waals surface area contributed by atoms with Crippen LogP contribution in [0.25, 0.3) is 16.8 Å². The number of benzene rings is 1. The zero-order valence-corrected chi connectivity index (χ0v) is 17.7. The van der Waals surface area contributed by atoms with E-state index in [1.54, 1.807) is 4.52 Å². The maximum Gasteiger partial charge on any atom is 0.254 e. The molecule has 3 aromatic heterocycles. The first kappa shape index (κ1) is 19.3. The Kier molecular flexibility index (Phi) is 4.68. The molecule has 1 fully saturated rings. The maximum atomic E-state index is 13.1. The van der Waals surface area contributed by atoms with E-state index >= 15 is 0 Å². The minimum absolute atomic E-state index is 0.0897. The molecule has 10 nitrogen and oxygen atoms in total. The van der Waals surface area contributed by atoms with E-state index in [1.165, 1.54) is 0 Å². The second kappa shape index (κ2) is 7.53. The lowest BCUT2D eigenvalue weighted by Gasteiger charge is -2.22. The number of carbonyl (C=O) groups is 1. The first-order chi connectivity index (χ1) is 15.0. The summed E-state index contributed by atoms with van der Waals surface area (Å²) in [6.07, 6.45) is 1.17. The van der Waals surface area contributed by atoms with Crippen molar-refractivity contribution >= 4 is 34.6 Å². The number of aryl methyl sites for hydroxylation is 2. The predicted octanol–water partition coefficient (Wildman–Crippen LogP) is 1.48. The van der Waals surface area contributed by atoms with Crippen LogP contribution >= 0.6 is 0 Å². The average Bonchev–Trinajstić information content (AvgIpc) is 3.25. The fourth-order valence-electron chi connectivity index (χ4n) is 4.21. The lowest BCUT2D eigenvalue weighted by atomic mass is 10.1. The van der Waals surface area contributed by atoms with Gasteiger partial charge in [-0.25, -0.2) is 9.97 Å². The smallest absolute Gasteiger partial charge is 0.254 e. The van der Waals surface area contributed by atoms with Gasteiger partial charge in [0.1, 0.15) is 0 Å². The van der Waals surface area contributed by atoms with Crippen molar-refractivity contribution in [2.75, 3.05) is 36.8 Å². The first-order valence-electron chi connectivity index (χ1n) is 10.5. The molecule has 5 rings (SSSR count). The van der Waals surface area contributed by atoms with Crippen LogP contribution in [0.2, 0.25) is 0 Å². The zero-order chi connectivity index (χ0) is 21.5. The number of fused-ring (bicyclic) bond motifs is 2. The lowest BCUT2D eigenvalue weighted by Crippen LogP contribution is -2.36. The summed E-state index contributed by atoms with van der Waals surface area (Å²) >= 11 is 0. The Balaban J connectivity index is 1.31. The molecule has 0 saturated carbocycles. The van der Waals surface area contributed by atoms with Gasteiger partial charge in [-0.3, -0.25) is 4.79 Å². The van der Waals surface area contributed by atoms with Crippen molar-refractivity contribution in [1.82, 2.24) is 34.4 Å². The number of hydrogen-bond acceptors (Lipinski definition) is 7. The van der Waals surface area contributed by atoms with Crippen molar-refractivity contribution < 1.29 is 4.79 Å². The number of para-hydroxylation sites is 2. The molecule has 10 heteroatoms. The molecule has 1 saturated heterocycles. The minimum atomic E-state index is 0.0897. The van der Waals surface area contributed by atoms with Crippen LogP contribution in [0.1, 0.15) is 23.4 Å². The van der Waals surface area contributed by atoms with Crippen LogP contribution in [0.3, 0.4) is 0 Å². The third kappa shape index (κ3) is 3.54. The van der Waals surface area contributed by atoms with Gasteiger partial charge in [0.15, 0.2) is 0 Å². The van der Waals surface area contributed by atoms with Gasteiger partial charge in [0.25, 0.3) is 5.78 Å². The van der Waals surface area contributed by atoms with Gasteiger partial charge in [0.05, 0.1) is 17.5 Å². The van der Waals surface area contributed by atoms with E-state index in [0.717, 1.165) is 60.0 Å². The summed E-state index contributed by atoms with van der Waals surface area (Å²) in [6.45, 7) is 6.78. The third-order valence-corrected chi connectivity index (χ3v) is 5.92. The molecule has 1 aliphatic rings. The number of carbonyl (C=O) groups excluding carboxylic acids is 1. The van der Waals surface area contributed by atoms with Crippen molar-refractivity contribution in [2.24, 2.45) is 0 Å². The summed E-state index contributed by atoms with van der Waals surface area (Å²) in [7, 11) is 0. The predicted molar refractivity (Wildman–Crippen MR) is 118 cm³/mol. The number of H-pyrrole nitrogens is 1. The number of aromatic nitrogens is 6. The standard InChI is InChI=1S/C21H25N9O/c1-13-15(14(2)30-21(23-13)26-19(22)27-30)12-18(31)28-8-5-9-29(11-10-28)20-24-16-6-3-4-7-17(16)25-20/h3-4,6-7H,5,8-12H2,1-2H3,(H2,22,27)(H,24,25). The van der Waals surface area contributed by atoms with Crippen molar-refractivity contribution in [3.8, 4) is 0 Å². The van der Waals surface area contributed by atoms with Crippen molar-refractivity contribution in [3.05, 3.63) is 41.2 Å². The van der Waals surface area contributed by atoms with Crippen LogP contribution in [-0.2, 0) is 11.2 Å². The first-order valence-corrected chi connectivity index (χ1v) is 10.5. The molecule has 0 radical (unpaired) electrons. The zero-order valence-electron chi connectivity index (χ0n) is 17.7. The van der Waals surface area contributed by atoms with E-state index in [0.29, 0.717) is 12.3 Å². The maximum absolute atomic E-state index is 13.1. The number of nitrogens with one attached hydrogen (secondary N) is 1. The van der Waals surface area contributed by atoms with Crippen molar-refractivity contribution in [2.45, 2.75) is 26.7 Å². The Morgan fingerprint density at radius 3 is 2.77 bits per heavy atom. The van der Waals surface area contributed by atoms with Gasteiger partial charge in [-0.15, -0.1) is 5.10 Å². The Morgan fingerprint density at radius 2 is 1.94 bits per heavy atom. The number of imidazole rings is 1. The van der Waals surface area contributed by atoms with Crippen LogP contribution in [0.4, 0.5) is 11.9 Å². The molecule has 0 aliphatic carbocycles. The minimum Gasteiger partial charge on any atom is -0.366 e. The number of anilines is 2. The monoisotopic (exact) mass is 419 g/mol. The molecule has 0 atom stereocenters. The quantitative estimate of drug-likeness (QED) is 0.516. The van der Waals surface area contributed by atoms with E-state index < -0.39 is 0 Å². The molecule has 31 heavy (non-hydrogen) atoms. The number of nitrogens with zero attached hydrogens (tertiary/aromatic N) is 7. The van der Waals surface area contributed by atoms with Gasteiger partial charge in [0.2, 0.25) is 17.8 Å². The largest absolute Gasteiger partial charge is 0.366 e. The second-order valence-electron chi connectivity index (χ2n) is 7.92. The molecule has 4 heterocycles. The van der Waals surface area contributed by atoms with Crippen LogP contribution in [0, 0.1) is 13.8 Å². The summed E-state index contributed by atoms with van der Waals surface area (Å²) in [5, 5.41) is 4.19. The highest BCUT2D eigenvalue weighted by Gasteiger charge is 2.23. The number of nitrogen functional groups attached to an aromatic ring is 1. The van der Waals surface area contributed by atoms with Crippen molar-refractivity contribution in [3.63, 3.8) is 0 Å². The van der Waals surface area contributed by atoms with Gasteiger partial charge in [-0.1, -0.05) is 12.1 Å². The number of hydrogen-bond donors (Lipinski definition) is 2. The summed E-state index contributed by atoms with van der Waals surface area (Å²) in [5.41, 5.74) is 10.2. The molecule has 1 aromatic carbocycles. The average molecular weight is 419 g/mol. The fraction of sp³-hybridized carbons (Fsp3) is 0.381. The highest BCUT2D eigenvalue weighted by atomic mass is 16.2. The van der Waals surface area contributed by atoms with Gasteiger partial charge < -0.3 is 20.5 Å². The Hall–Kier alpha value is -3.69. The van der Waals surface area contributed by atoms with Crippen molar-refractivity contribution in [1.29, 1.82) is 0 Å². The molecule has 160 valence electrons. The van der Waals surface area contributed by atoms with Crippen LogP contribution in [-0.4, -0.2) is 66.5 Å². The molecule has 1 aliphatic heterocycles. The second-order valence-corrected chi connectivity index (χ2v) is 7.92. The molecular formula is C21H25N9O. The van der Waals surface area contributed by atoms with Crippen LogP contribution in [0.5, 0.6) is 0 Å². The Labute approximate surface area is 179 Å². The summed E-state index contributed by atoms with van der Waals surface area (Å²) in [5.74, 6) is 1.59. The molecule has 1 amide bonds. The Morgan fingerprint density at radius 1 is 1.10 bits per heavy atom. The highest BCUT2D eigenvalue weighted by Crippen LogP contribution is 2.20. The van der Waals surface area contributed by atoms with E-state index in [4.69, 9.17) is 10.7 Å². The SMILES string of the molecule is Cc1nc2nc(N)nn2c(C)c1CC(=O)N1CCCN(c2nc3ccccc3[nH]2)CC1. The molecule has 0 bridgehead atoms. The van der Waals surface area contributed by atoms with Gasteiger partial charge in [0, 0.05) is 43.1 Å². The van der Waals surface area contributed by atoms with E-state index in [2.05, 4.69) is 25.0 Å². The third-order valence-electron chi connectivity index (χ3n) is 5.92. The topological polar surface area (TPSA) is 121 Å². The molecule has 0 unspecified atom stereocenters. The Bertz CT molecular complexity index is 1240. The number of nitrogens with two attached hydrogens (primary N) is 1. The van der Waals surface area contributed by atoms with Gasteiger partial charge >= 0.3 is 0 Å². The van der Waals surface area contributed by atoms with E-state index in [1.807, 2.05) is 43.0 Å². The molecule has 3 N–H and O–H groups in total. The number of rotatable bonds is 3. The van der Waals surface area contributed by atoms with Gasteiger partial charge in [-0.2, -0.15) is 9.50 Å². The molecule has 0 spiro atoms. The normalized spacial score (nSPS) is 15.0. The molecular weight excluding hydrogens is 394 g/mol. The fourth-order valence-corrected chi connectivity index (χ4v) is 4.21. The summed E-state index contributed by atoms with van der Waals surface area (Å²) in [6, 6.07) is 8.01. The number of amides is 1. The van der Waals surface area contributed by atoms with E-state index in [-0.39, 0.29) is 18.3 Å². The highest BCUT2D eigenvalue weighted by molar-refractivity contribution is 5.80. The number of aromatic amines is 1. The van der Waals surface area contributed by atoms with Gasteiger partial charge in [-0.05, 0) is 32.4 Å². The summed E-state index contributed by atoms with van der Waals surface area (Å²) < 4.78 is 1.61. The molecule has 4 aromatic rings. The lowest BCUT2D eigenvalue weighted by molar-refractivity contribution is -0.130. The summed E-state index contributed by atoms with van der Waals surface area (Å²) in [4.78, 5) is 34.0. The van der Waals surface area contributed by atoms with Crippen LogP contribution < -0.4 is 10.6 Å². The van der Waals surface area contributed by atoms with Crippen LogP contribution in [0.15, 0.2) is 24.3 Å². The van der Waals surface area contributed by atoms with E-state index in [9.17, 15) is 4.79 Å².